The van der Waals surface area contributed by atoms with E-state index in [2.05, 4.69) is 10.3 Å². The lowest BCUT2D eigenvalue weighted by Gasteiger charge is -2.07. The number of anilines is 1. The summed E-state index contributed by atoms with van der Waals surface area (Å²) in [6.07, 6.45) is 1.81. The van der Waals surface area contributed by atoms with Gasteiger partial charge in [-0.25, -0.2) is 4.98 Å². The highest BCUT2D eigenvalue weighted by Crippen LogP contribution is 2.26. The topological polar surface area (TPSA) is 79.4 Å². The van der Waals surface area contributed by atoms with Gasteiger partial charge in [-0.3, -0.25) is 9.20 Å². The predicted octanol–water partition coefficient (Wildman–Crippen LogP) is 4.85. The number of carbonyl (C=O) groups is 1. The summed E-state index contributed by atoms with van der Waals surface area (Å²) in [4.78, 5) is 18.1. The average Bonchev–Trinajstić information content (AvgIpc) is 3.29. The van der Waals surface area contributed by atoms with Gasteiger partial charge in [0, 0.05) is 22.2 Å². The van der Waals surface area contributed by atoms with Crippen LogP contribution in [0.1, 0.15) is 16.1 Å². The lowest BCUT2D eigenvalue weighted by molar-refractivity contribution is 0.102. The van der Waals surface area contributed by atoms with E-state index in [-0.39, 0.29) is 5.91 Å². The van der Waals surface area contributed by atoms with Gasteiger partial charge in [0.05, 0.1) is 24.1 Å². The summed E-state index contributed by atoms with van der Waals surface area (Å²) in [5.41, 5.74) is 2.81. The number of imidazole rings is 1. The number of nitrogens with one attached hydrogen (secondary N) is 1. The highest BCUT2D eigenvalue weighted by Gasteiger charge is 2.17. The Balaban J connectivity index is 1.66. The second-order valence-electron chi connectivity index (χ2n) is 5.88. The molecular weight excluding hydrogens is 396 g/mol. The molecule has 28 heavy (non-hydrogen) atoms. The highest BCUT2D eigenvalue weighted by atomic mass is 35.5. The molecule has 1 N–H and O–H groups in total. The molecule has 0 saturated heterocycles. The van der Waals surface area contributed by atoms with Gasteiger partial charge in [-0.15, -0.1) is 11.3 Å². The number of nitriles is 1. The third-order valence-electron chi connectivity index (χ3n) is 4.18. The second kappa shape index (κ2) is 7.35. The van der Waals surface area contributed by atoms with Crippen molar-refractivity contribution in [3.63, 3.8) is 0 Å². The number of thiazole rings is 1. The first kappa shape index (κ1) is 18.0. The molecule has 8 heteroatoms. The van der Waals surface area contributed by atoms with Crippen LogP contribution in [0.15, 0.2) is 54.0 Å². The van der Waals surface area contributed by atoms with Crippen molar-refractivity contribution in [2.45, 2.75) is 0 Å². The minimum absolute atomic E-state index is 0.341. The van der Waals surface area contributed by atoms with E-state index in [1.54, 1.807) is 35.1 Å². The Hall–Kier alpha value is -3.34. The van der Waals surface area contributed by atoms with Gasteiger partial charge >= 0.3 is 0 Å². The molecule has 138 valence electrons. The number of aromatic nitrogens is 2. The molecule has 4 aromatic rings. The molecule has 6 nitrogen and oxygen atoms in total. The van der Waals surface area contributed by atoms with E-state index >= 15 is 0 Å². The standard InChI is InChI=1S/C20H13ClN4O2S/c1-27-15-6-3-12(4-7-15)17-10-25-18(11-28-20(25)24-17)19(26)23-16-8-14(21)5-2-13(16)9-22/h2-8,10-11H,1H3,(H,23,26). The molecule has 0 atom stereocenters. The molecule has 2 aromatic heterocycles. The maximum Gasteiger partial charge on any atom is 0.273 e. The van der Waals surface area contributed by atoms with Crippen LogP contribution < -0.4 is 10.1 Å². The molecule has 4 rings (SSSR count). The molecule has 1 amide bonds. The quantitative estimate of drug-likeness (QED) is 0.523. The summed E-state index contributed by atoms with van der Waals surface area (Å²) in [5, 5.41) is 14.1. The summed E-state index contributed by atoms with van der Waals surface area (Å²) >= 11 is 7.35. The molecule has 0 fully saturated rings. The summed E-state index contributed by atoms with van der Waals surface area (Å²) in [6, 6.07) is 14.3. The molecule has 0 radical (unpaired) electrons. The number of methoxy groups -OCH3 is 1. The Morgan fingerprint density at radius 1 is 1.29 bits per heavy atom. The number of ether oxygens (including phenoxy) is 1. The zero-order valence-electron chi connectivity index (χ0n) is 14.6. The minimum atomic E-state index is -0.344. The largest absolute Gasteiger partial charge is 0.497 e. The van der Waals surface area contributed by atoms with Crippen molar-refractivity contribution in [2.24, 2.45) is 0 Å². The predicted molar refractivity (Wildman–Crippen MR) is 109 cm³/mol. The van der Waals surface area contributed by atoms with Crippen LogP contribution in [0.4, 0.5) is 5.69 Å². The van der Waals surface area contributed by atoms with Gasteiger partial charge in [0.2, 0.25) is 0 Å². The number of hydrogen-bond acceptors (Lipinski definition) is 5. The summed E-state index contributed by atoms with van der Waals surface area (Å²) < 4.78 is 6.91. The van der Waals surface area contributed by atoms with Gasteiger partial charge < -0.3 is 10.1 Å². The van der Waals surface area contributed by atoms with Crippen molar-refractivity contribution in [3.05, 3.63) is 70.3 Å². The molecule has 0 spiro atoms. The summed E-state index contributed by atoms with van der Waals surface area (Å²) in [7, 11) is 1.62. The smallest absolute Gasteiger partial charge is 0.273 e. The molecule has 0 aliphatic rings. The van der Waals surface area contributed by atoms with Gasteiger partial charge in [0.1, 0.15) is 17.5 Å². The number of amides is 1. The van der Waals surface area contributed by atoms with Crippen molar-refractivity contribution in [3.8, 4) is 23.1 Å². The monoisotopic (exact) mass is 408 g/mol. The number of rotatable bonds is 4. The zero-order valence-corrected chi connectivity index (χ0v) is 16.2. The van der Waals surface area contributed by atoms with Crippen molar-refractivity contribution in [1.29, 1.82) is 5.26 Å². The Bertz CT molecular complexity index is 1220. The van der Waals surface area contributed by atoms with Crippen LogP contribution in [0.3, 0.4) is 0 Å². The average molecular weight is 409 g/mol. The fourth-order valence-electron chi connectivity index (χ4n) is 2.75. The Morgan fingerprint density at radius 3 is 2.79 bits per heavy atom. The third-order valence-corrected chi connectivity index (χ3v) is 5.25. The lowest BCUT2D eigenvalue weighted by atomic mass is 10.2. The molecular formula is C20H13ClN4O2S. The number of carbonyl (C=O) groups excluding carboxylic acids is 1. The van der Waals surface area contributed by atoms with Crippen LogP contribution in [0, 0.1) is 11.3 Å². The SMILES string of the molecule is COc1ccc(-c2cn3c(C(=O)Nc4cc(Cl)ccc4C#N)csc3n2)cc1. The van der Waals surface area contributed by atoms with Crippen LogP contribution in [0.2, 0.25) is 5.02 Å². The van der Waals surface area contributed by atoms with E-state index in [1.807, 2.05) is 36.5 Å². The molecule has 0 bridgehead atoms. The first-order chi connectivity index (χ1) is 13.6. The van der Waals surface area contributed by atoms with E-state index in [9.17, 15) is 10.1 Å². The lowest BCUT2D eigenvalue weighted by Crippen LogP contribution is -2.14. The maximum atomic E-state index is 12.8. The van der Waals surface area contributed by atoms with Gasteiger partial charge in [-0.2, -0.15) is 5.26 Å². The van der Waals surface area contributed by atoms with Crippen LogP contribution in [0.25, 0.3) is 16.2 Å². The van der Waals surface area contributed by atoms with E-state index in [0.717, 1.165) is 17.0 Å². The molecule has 0 aliphatic heterocycles. The van der Waals surface area contributed by atoms with Crippen LogP contribution in [-0.2, 0) is 0 Å². The molecule has 2 heterocycles. The fourth-order valence-corrected chi connectivity index (χ4v) is 3.78. The zero-order chi connectivity index (χ0) is 19.7. The van der Waals surface area contributed by atoms with Crippen LogP contribution >= 0.6 is 22.9 Å². The second-order valence-corrected chi connectivity index (χ2v) is 7.16. The third kappa shape index (κ3) is 3.31. The number of benzene rings is 2. The first-order valence-corrected chi connectivity index (χ1v) is 9.47. The summed E-state index contributed by atoms with van der Waals surface area (Å²) in [6.45, 7) is 0. The maximum absolute atomic E-state index is 12.8. The van der Waals surface area contributed by atoms with Gasteiger partial charge in [0.15, 0.2) is 4.96 Å². The van der Waals surface area contributed by atoms with Crippen molar-refractivity contribution in [1.82, 2.24) is 9.38 Å². The van der Waals surface area contributed by atoms with E-state index in [0.29, 0.717) is 26.9 Å². The fraction of sp³-hybridized carbons (Fsp3) is 0.0500. The van der Waals surface area contributed by atoms with Gasteiger partial charge in [-0.05, 0) is 42.5 Å². The Labute approximate surface area is 169 Å². The molecule has 0 unspecified atom stereocenters. The highest BCUT2D eigenvalue weighted by molar-refractivity contribution is 7.15. The molecule has 2 aromatic carbocycles. The number of nitrogens with zero attached hydrogens (tertiary/aromatic N) is 3. The van der Waals surface area contributed by atoms with E-state index < -0.39 is 0 Å². The van der Waals surface area contributed by atoms with Crippen molar-refractivity contribution in [2.75, 3.05) is 12.4 Å². The first-order valence-electron chi connectivity index (χ1n) is 8.21. The van der Waals surface area contributed by atoms with Gasteiger partial charge in [0.25, 0.3) is 5.91 Å². The Kier molecular flexibility index (Phi) is 4.74. The number of fused-ring (bicyclic) bond motifs is 1. The van der Waals surface area contributed by atoms with E-state index in [4.69, 9.17) is 16.3 Å². The molecule has 0 aliphatic carbocycles. The summed E-state index contributed by atoms with van der Waals surface area (Å²) in [5.74, 6) is 0.420. The normalized spacial score (nSPS) is 10.6. The Morgan fingerprint density at radius 2 is 2.07 bits per heavy atom. The number of halogens is 1. The van der Waals surface area contributed by atoms with Crippen LogP contribution in [-0.4, -0.2) is 22.4 Å². The van der Waals surface area contributed by atoms with Gasteiger partial charge in [-0.1, -0.05) is 11.6 Å². The minimum Gasteiger partial charge on any atom is -0.497 e. The number of hydrogen-bond donors (Lipinski definition) is 1. The van der Waals surface area contributed by atoms with E-state index in [1.165, 1.54) is 11.3 Å². The van der Waals surface area contributed by atoms with Crippen molar-refractivity contribution < 1.29 is 9.53 Å². The molecule has 0 saturated carbocycles. The van der Waals surface area contributed by atoms with Crippen molar-refractivity contribution >= 4 is 39.5 Å². The van der Waals surface area contributed by atoms with Crippen LogP contribution in [0.5, 0.6) is 5.75 Å².